The molecule has 56 valence electrons. The molecule has 2 aliphatic carbocycles. The minimum Gasteiger partial charge on any atom is -0.383 e. The average molecular weight is 146 g/mol. The summed E-state index contributed by atoms with van der Waals surface area (Å²) in [6, 6.07) is 2.46. The Morgan fingerprint density at radius 1 is 1.64 bits per heavy atom. The second kappa shape index (κ2) is 1.32. The van der Waals surface area contributed by atoms with Crippen LogP contribution < -0.4 is 5.32 Å². The van der Waals surface area contributed by atoms with Gasteiger partial charge < -0.3 is 5.32 Å². The molecular weight excluding hydrogens is 136 g/mol. The van der Waals surface area contributed by atoms with E-state index in [9.17, 15) is 0 Å². The summed E-state index contributed by atoms with van der Waals surface area (Å²) in [6.45, 7) is 0. The fourth-order valence-electron chi connectivity index (χ4n) is 3.18. The van der Waals surface area contributed by atoms with Gasteiger partial charge in [0, 0.05) is 5.92 Å². The van der Waals surface area contributed by atoms with Gasteiger partial charge in [0.2, 0.25) is 0 Å². The Bertz CT molecular complexity index is 288. The molecule has 1 spiro atoms. The molecule has 0 aromatic rings. The predicted octanol–water partition coefficient (Wildman–Crippen LogP) is 1.17. The van der Waals surface area contributed by atoms with Crippen molar-refractivity contribution >= 4 is 0 Å². The molecule has 2 heteroatoms. The summed E-state index contributed by atoms with van der Waals surface area (Å²) >= 11 is 0. The first-order valence-electron chi connectivity index (χ1n) is 4.22. The Morgan fingerprint density at radius 2 is 2.55 bits per heavy atom. The van der Waals surface area contributed by atoms with E-state index in [0.29, 0.717) is 5.92 Å². The molecule has 0 radical (unpaired) electrons. The van der Waals surface area contributed by atoms with Crippen molar-refractivity contribution in [1.82, 2.24) is 5.32 Å². The van der Waals surface area contributed by atoms with Gasteiger partial charge in [-0.05, 0) is 25.1 Å². The first kappa shape index (κ1) is 5.65. The number of hydrogen-bond acceptors (Lipinski definition) is 2. The van der Waals surface area contributed by atoms with Gasteiger partial charge in [-0.15, -0.1) is 0 Å². The van der Waals surface area contributed by atoms with Crippen molar-refractivity contribution in [2.24, 2.45) is 11.3 Å². The Kier molecular flexibility index (Phi) is 0.676. The molecule has 1 N–H and O–H groups in total. The molecule has 11 heavy (non-hydrogen) atoms. The maximum atomic E-state index is 9.03. The molecule has 3 atom stereocenters. The highest BCUT2D eigenvalue weighted by atomic mass is 15.1. The highest BCUT2D eigenvalue weighted by Gasteiger charge is 2.79. The summed E-state index contributed by atoms with van der Waals surface area (Å²) in [4.78, 5) is 0. The van der Waals surface area contributed by atoms with E-state index in [1.165, 1.54) is 19.3 Å². The molecule has 0 amide bonds. The van der Waals surface area contributed by atoms with E-state index in [4.69, 9.17) is 5.26 Å². The van der Waals surface area contributed by atoms with Gasteiger partial charge in [0.25, 0.3) is 0 Å². The summed E-state index contributed by atoms with van der Waals surface area (Å²) < 4.78 is 0. The Labute approximate surface area is 65.9 Å². The number of hydrogen-bond donors (Lipinski definition) is 1. The summed E-state index contributed by atoms with van der Waals surface area (Å²) in [5.74, 6) is 0.630. The molecule has 2 saturated carbocycles. The van der Waals surface area contributed by atoms with Crippen molar-refractivity contribution in [1.29, 1.82) is 5.26 Å². The van der Waals surface area contributed by atoms with Gasteiger partial charge in [-0.2, -0.15) is 5.26 Å². The number of nitriles is 1. The molecule has 0 aromatic carbocycles. The topological polar surface area (TPSA) is 35.8 Å². The standard InChI is InChI=1S/C9H10N2/c10-6-8-4-5-11-9(8)3-1-2-7(8)9/h4-5,7,11H,1-3H2. The lowest BCUT2D eigenvalue weighted by molar-refractivity contribution is 0.510. The summed E-state index contributed by atoms with van der Waals surface area (Å²) in [6.07, 6.45) is 7.76. The third-order valence-electron chi connectivity index (χ3n) is 3.74. The van der Waals surface area contributed by atoms with E-state index in [1.807, 2.05) is 6.20 Å². The molecule has 1 aliphatic heterocycles. The SMILES string of the molecule is N#CC12C=CNC13CCCC23. The second-order valence-electron chi connectivity index (χ2n) is 3.87. The monoisotopic (exact) mass is 146 g/mol. The van der Waals surface area contributed by atoms with Crippen LogP contribution >= 0.6 is 0 Å². The minimum atomic E-state index is -0.0920. The van der Waals surface area contributed by atoms with Crippen LogP contribution in [0.3, 0.4) is 0 Å². The number of nitrogens with one attached hydrogen (secondary N) is 1. The summed E-state index contributed by atoms with van der Waals surface area (Å²) in [5.41, 5.74) is 0.104. The predicted molar refractivity (Wildman–Crippen MR) is 40.4 cm³/mol. The van der Waals surface area contributed by atoms with Crippen molar-refractivity contribution in [3.63, 3.8) is 0 Å². The Hall–Kier alpha value is -0.970. The van der Waals surface area contributed by atoms with Gasteiger partial charge in [0.15, 0.2) is 0 Å². The normalized spacial score (nSPS) is 56.1. The van der Waals surface area contributed by atoms with Crippen molar-refractivity contribution in [2.75, 3.05) is 0 Å². The first-order chi connectivity index (χ1) is 5.36. The molecular formula is C9H10N2. The van der Waals surface area contributed by atoms with Crippen LogP contribution in [-0.4, -0.2) is 5.54 Å². The quantitative estimate of drug-likeness (QED) is 0.556. The zero-order valence-electron chi connectivity index (χ0n) is 6.30. The van der Waals surface area contributed by atoms with Gasteiger partial charge in [0.05, 0.1) is 11.6 Å². The van der Waals surface area contributed by atoms with Crippen LogP contribution in [0.2, 0.25) is 0 Å². The van der Waals surface area contributed by atoms with E-state index >= 15 is 0 Å². The molecule has 1 heterocycles. The van der Waals surface area contributed by atoms with Crippen molar-refractivity contribution in [2.45, 2.75) is 24.8 Å². The lowest BCUT2D eigenvalue weighted by atomic mass is 9.97. The van der Waals surface area contributed by atoms with Gasteiger partial charge >= 0.3 is 0 Å². The third-order valence-corrected chi connectivity index (χ3v) is 3.74. The smallest absolute Gasteiger partial charge is 0.105 e. The van der Waals surface area contributed by atoms with Crippen molar-refractivity contribution in [3.8, 4) is 6.07 Å². The molecule has 3 unspecified atom stereocenters. The highest BCUT2D eigenvalue weighted by Crippen LogP contribution is 2.72. The second-order valence-corrected chi connectivity index (χ2v) is 3.87. The maximum Gasteiger partial charge on any atom is 0.105 e. The van der Waals surface area contributed by atoms with Crippen LogP contribution in [0.25, 0.3) is 0 Å². The molecule has 2 fully saturated rings. The van der Waals surface area contributed by atoms with E-state index in [2.05, 4.69) is 17.5 Å². The third kappa shape index (κ3) is 0.344. The average Bonchev–Trinajstić information content (AvgIpc) is 2.49. The van der Waals surface area contributed by atoms with Crippen molar-refractivity contribution < 1.29 is 0 Å². The lowest BCUT2D eigenvalue weighted by Crippen LogP contribution is -2.27. The molecule has 2 nitrogen and oxygen atoms in total. The number of fused-ring (bicyclic) bond motifs is 1. The zero-order valence-corrected chi connectivity index (χ0v) is 6.30. The molecule has 0 aromatic heterocycles. The zero-order chi connectivity index (χ0) is 7.53. The summed E-state index contributed by atoms with van der Waals surface area (Å²) in [5, 5.41) is 12.4. The van der Waals surface area contributed by atoms with Crippen LogP contribution in [0.5, 0.6) is 0 Å². The highest BCUT2D eigenvalue weighted by molar-refractivity contribution is 5.48. The molecule has 3 aliphatic rings. The number of rotatable bonds is 0. The van der Waals surface area contributed by atoms with Gasteiger partial charge in [0.1, 0.15) is 5.41 Å². The van der Waals surface area contributed by atoms with Gasteiger partial charge in [-0.3, -0.25) is 0 Å². The summed E-state index contributed by atoms with van der Waals surface area (Å²) in [7, 11) is 0. The van der Waals surface area contributed by atoms with Gasteiger partial charge in [-0.1, -0.05) is 6.42 Å². The Balaban J connectivity index is 2.11. The van der Waals surface area contributed by atoms with E-state index in [-0.39, 0.29) is 11.0 Å². The number of nitrogens with zero attached hydrogens (tertiary/aromatic N) is 1. The first-order valence-corrected chi connectivity index (χ1v) is 4.22. The van der Waals surface area contributed by atoms with Crippen LogP contribution in [0.1, 0.15) is 19.3 Å². The molecule has 3 rings (SSSR count). The Morgan fingerprint density at radius 3 is 3.18 bits per heavy atom. The molecule has 0 bridgehead atoms. The van der Waals surface area contributed by atoms with E-state index in [0.717, 1.165) is 0 Å². The fraction of sp³-hybridized carbons (Fsp3) is 0.667. The minimum absolute atomic E-state index is 0.0920. The van der Waals surface area contributed by atoms with Gasteiger partial charge in [-0.25, -0.2) is 0 Å². The fourth-order valence-corrected chi connectivity index (χ4v) is 3.18. The van der Waals surface area contributed by atoms with Crippen LogP contribution in [-0.2, 0) is 0 Å². The maximum absolute atomic E-state index is 9.03. The van der Waals surface area contributed by atoms with Crippen LogP contribution in [0.4, 0.5) is 0 Å². The van der Waals surface area contributed by atoms with E-state index in [1.54, 1.807) is 0 Å². The molecule has 0 saturated heterocycles. The lowest BCUT2D eigenvalue weighted by Gasteiger charge is -2.10. The van der Waals surface area contributed by atoms with Crippen LogP contribution in [0, 0.1) is 22.7 Å². The van der Waals surface area contributed by atoms with Crippen molar-refractivity contribution in [3.05, 3.63) is 12.3 Å². The van der Waals surface area contributed by atoms with E-state index < -0.39 is 0 Å². The van der Waals surface area contributed by atoms with Crippen LogP contribution in [0.15, 0.2) is 12.3 Å². The largest absolute Gasteiger partial charge is 0.383 e.